The fraction of sp³-hybridized carbons (Fsp3) is 0.786. The van der Waals surface area contributed by atoms with Gasteiger partial charge in [-0.05, 0) is 116 Å². The van der Waals surface area contributed by atoms with Crippen molar-refractivity contribution in [1.82, 2.24) is 0 Å². The second-order valence-electron chi connectivity index (χ2n) is 11.7. The van der Waals surface area contributed by atoms with E-state index in [2.05, 4.69) is 20.8 Å². The largest absolute Gasteiger partial charge is 0.389 e. The second kappa shape index (κ2) is 8.95. The molecule has 0 radical (unpaired) electrons. The van der Waals surface area contributed by atoms with Crippen LogP contribution in [0.25, 0.3) is 0 Å². The molecule has 0 spiro atoms. The Balaban J connectivity index is 1.49. The number of hydrogen-bond donors (Lipinski definition) is 0. The Morgan fingerprint density at radius 1 is 0.906 bits per heavy atom. The standard InChI is InChI=1S/C28H40F4/c1-4-16-26(2)21(18-28(30,31)32)9-13-23-24-14-10-20(27(24,3)17-15-25(23)26)8-5-19-6-11-22(29)12-7-19/h6-7,11-12,20-21,23-25H,4-5,8-10,13-18H2,1-3H3. The van der Waals surface area contributed by atoms with Crippen molar-refractivity contribution in [2.45, 2.75) is 97.6 Å². The van der Waals surface area contributed by atoms with Gasteiger partial charge in [0.25, 0.3) is 0 Å². The Bertz CT molecular complexity index is 769. The summed E-state index contributed by atoms with van der Waals surface area (Å²) in [6, 6.07) is 6.90. The summed E-state index contributed by atoms with van der Waals surface area (Å²) in [6.07, 6.45) is 5.80. The number of aryl methyl sites for hydroxylation is 1. The van der Waals surface area contributed by atoms with Crippen LogP contribution in [0.15, 0.2) is 24.3 Å². The first-order valence-electron chi connectivity index (χ1n) is 12.9. The number of benzene rings is 1. The molecule has 4 rings (SSSR count). The monoisotopic (exact) mass is 452 g/mol. The third kappa shape index (κ3) is 4.49. The molecule has 3 saturated carbocycles. The van der Waals surface area contributed by atoms with E-state index in [-0.39, 0.29) is 17.2 Å². The van der Waals surface area contributed by atoms with Gasteiger partial charge >= 0.3 is 6.18 Å². The van der Waals surface area contributed by atoms with Crippen LogP contribution in [0.1, 0.15) is 90.5 Å². The van der Waals surface area contributed by atoms with E-state index in [1.165, 1.54) is 18.4 Å². The van der Waals surface area contributed by atoms with Crippen LogP contribution in [0.3, 0.4) is 0 Å². The third-order valence-electron chi connectivity index (χ3n) is 10.2. The zero-order chi connectivity index (χ0) is 23.1. The molecule has 1 aromatic rings. The molecule has 1 aromatic carbocycles. The summed E-state index contributed by atoms with van der Waals surface area (Å²) in [7, 11) is 0. The van der Waals surface area contributed by atoms with Gasteiger partial charge in [0.05, 0.1) is 0 Å². The van der Waals surface area contributed by atoms with E-state index in [0.29, 0.717) is 29.1 Å². The van der Waals surface area contributed by atoms with Gasteiger partial charge in [-0.1, -0.05) is 39.3 Å². The Morgan fingerprint density at radius 2 is 1.59 bits per heavy atom. The van der Waals surface area contributed by atoms with Crippen molar-refractivity contribution in [3.05, 3.63) is 35.6 Å². The zero-order valence-electron chi connectivity index (χ0n) is 20.0. The molecule has 3 fully saturated rings. The summed E-state index contributed by atoms with van der Waals surface area (Å²) in [6.45, 7) is 6.82. The van der Waals surface area contributed by atoms with Crippen LogP contribution >= 0.6 is 0 Å². The van der Waals surface area contributed by atoms with Crippen LogP contribution in [0, 0.1) is 46.2 Å². The number of rotatable bonds is 6. The van der Waals surface area contributed by atoms with Gasteiger partial charge in [0, 0.05) is 6.42 Å². The van der Waals surface area contributed by atoms with Gasteiger partial charge < -0.3 is 0 Å². The van der Waals surface area contributed by atoms with Crippen LogP contribution < -0.4 is 0 Å². The summed E-state index contributed by atoms with van der Waals surface area (Å²) >= 11 is 0. The van der Waals surface area contributed by atoms with E-state index >= 15 is 0 Å². The number of alkyl halides is 3. The molecule has 0 N–H and O–H groups in total. The fourth-order valence-electron chi connectivity index (χ4n) is 8.65. The minimum Gasteiger partial charge on any atom is -0.207 e. The first-order valence-corrected chi connectivity index (χ1v) is 12.9. The highest BCUT2D eigenvalue weighted by molar-refractivity contribution is 5.17. The Hall–Kier alpha value is -1.06. The van der Waals surface area contributed by atoms with E-state index in [4.69, 9.17) is 0 Å². The van der Waals surface area contributed by atoms with Gasteiger partial charge in [-0.2, -0.15) is 13.2 Å². The Labute approximate surface area is 191 Å². The van der Waals surface area contributed by atoms with Crippen LogP contribution in [0.5, 0.6) is 0 Å². The van der Waals surface area contributed by atoms with Crippen molar-refractivity contribution in [1.29, 1.82) is 0 Å². The molecule has 32 heavy (non-hydrogen) atoms. The highest BCUT2D eigenvalue weighted by Crippen LogP contribution is 2.67. The molecule has 0 heterocycles. The van der Waals surface area contributed by atoms with E-state index in [1.54, 1.807) is 12.1 Å². The van der Waals surface area contributed by atoms with E-state index in [9.17, 15) is 17.6 Å². The lowest BCUT2D eigenvalue weighted by Crippen LogP contribution is -2.52. The maximum absolute atomic E-state index is 13.4. The summed E-state index contributed by atoms with van der Waals surface area (Å²) in [5.74, 6) is 1.95. The van der Waals surface area contributed by atoms with E-state index < -0.39 is 12.6 Å². The van der Waals surface area contributed by atoms with E-state index in [1.807, 2.05) is 12.1 Å². The average Bonchev–Trinajstić information content (AvgIpc) is 3.05. The van der Waals surface area contributed by atoms with Crippen molar-refractivity contribution < 1.29 is 17.6 Å². The highest BCUT2D eigenvalue weighted by atomic mass is 19.4. The van der Waals surface area contributed by atoms with Crippen molar-refractivity contribution in [3.63, 3.8) is 0 Å². The molecule has 7 atom stereocenters. The van der Waals surface area contributed by atoms with Crippen LogP contribution in [-0.2, 0) is 6.42 Å². The fourth-order valence-corrected chi connectivity index (χ4v) is 8.65. The summed E-state index contributed by atoms with van der Waals surface area (Å²) in [5.41, 5.74) is 1.33. The van der Waals surface area contributed by atoms with Crippen LogP contribution in [-0.4, -0.2) is 6.18 Å². The lowest BCUT2D eigenvalue weighted by molar-refractivity contribution is -0.177. The molecule has 0 saturated heterocycles. The quantitative estimate of drug-likeness (QED) is 0.378. The maximum atomic E-state index is 13.4. The number of fused-ring (bicyclic) bond motifs is 3. The molecule has 7 unspecified atom stereocenters. The lowest BCUT2D eigenvalue weighted by Gasteiger charge is -2.59. The highest BCUT2D eigenvalue weighted by Gasteiger charge is 2.59. The number of hydrogen-bond acceptors (Lipinski definition) is 0. The minimum absolute atomic E-state index is 0.180. The van der Waals surface area contributed by atoms with Gasteiger partial charge in [0.2, 0.25) is 0 Å². The van der Waals surface area contributed by atoms with Gasteiger partial charge in [-0.25, -0.2) is 4.39 Å². The normalized spacial score (nSPS) is 39.5. The van der Waals surface area contributed by atoms with Gasteiger partial charge in [-0.15, -0.1) is 0 Å². The Kier molecular flexibility index (Phi) is 6.73. The van der Waals surface area contributed by atoms with E-state index in [0.717, 1.165) is 51.4 Å². The molecule has 0 amide bonds. The summed E-state index contributed by atoms with van der Waals surface area (Å²) in [4.78, 5) is 0. The molecular formula is C28H40F4. The van der Waals surface area contributed by atoms with Crippen LogP contribution in [0.4, 0.5) is 17.6 Å². The maximum Gasteiger partial charge on any atom is 0.389 e. The molecule has 180 valence electrons. The van der Waals surface area contributed by atoms with Gasteiger partial charge in [-0.3, -0.25) is 0 Å². The molecule has 0 nitrogen and oxygen atoms in total. The first kappa shape index (κ1) is 24.1. The topological polar surface area (TPSA) is 0 Å². The molecule has 0 aliphatic heterocycles. The van der Waals surface area contributed by atoms with Crippen molar-refractivity contribution in [2.24, 2.45) is 40.4 Å². The summed E-state index contributed by atoms with van der Waals surface area (Å²) in [5, 5.41) is 0. The molecule has 3 aliphatic rings. The second-order valence-corrected chi connectivity index (χ2v) is 11.7. The molecule has 0 aromatic heterocycles. The lowest BCUT2D eigenvalue weighted by atomic mass is 9.46. The van der Waals surface area contributed by atoms with Crippen molar-refractivity contribution >= 4 is 0 Å². The zero-order valence-corrected chi connectivity index (χ0v) is 20.0. The first-order chi connectivity index (χ1) is 15.1. The minimum atomic E-state index is -4.06. The Morgan fingerprint density at radius 3 is 2.25 bits per heavy atom. The molecule has 3 aliphatic carbocycles. The molecule has 0 bridgehead atoms. The van der Waals surface area contributed by atoms with Crippen molar-refractivity contribution in [3.8, 4) is 0 Å². The van der Waals surface area contributed by atoms with Gasteiger partial charge in [0.15, 0.2) is 0 Å². The smallest absolute Gasteiger partial charge is 0.207 e. The number of halogens is 4. The third-order valence-corrected chi connectivity index (χ3v) is 10.2. The van der Waals surface area contributed by atoms with Gasteiger partial charge in [0.1, 0.15) is 5.82 Å². The summed E-state index contributed by atoms with van der Waals surface area (Å²) < 4.78 is 53.4. The predicted octanol–water partition coefficient (Wildman–Crippen LogP) is 8.99. The van der Waals surface area contributed by atoms with Crippen LogP contribution in [0.2, 0.25) is 0 Å². The predicted molar refractivity (Wildman–Crippen MR) is 122 cm³/mol. The van der Waals surface area contributed by atoms with Crippen molar-refractivity contribution in [2.75, 3.05) is 0 Å². The molecule has 4 heteroatoms. The average molecular weight is 453 g/mol. The molecular weight excluding hydrogens is 412 g/mol. The SMILES string of the molecule is CCCC1(C)C(CC(F)(F)F)CCC2C3CCC(CCc4ccc(F)cc4)C3(C)CCC21.